The summed E-state index contributed by atoms with van der Waals surface area (Å²) >= 11 is 1.58. The number of rotatable bonds is 6. The summed E-state index contributed by atoms with van der Waals surface area (Å²) in [6.07, 6.45) is 3.31. The van der Waals surface area contributed by atoms with Crippen LogP contribution in [-0.4, -0.2) is 53.4 Å². The Morgan fingerprint density at radius 3 is 2.52 bits per heavy atom. The molecule has 6 heteroatoms. The maximum absolute atomic E-state index is 12.2. The highest BCUT2D eigenvalue weighted by molar-refractivity contribution is 7.19. The second kappa shape index (κ2) is 9.31. The number of thiazole rings is 1. The Morgan fingerprint density at radius 1 is 1.07 bits per heavy atom. The van der Waals surface area contributed by atoms with Gasteiger partial charge in [-0.25, -0.2) is 4.98 Å². The minimum Gasteiger partial charge on any atom is -0.323 e. The van der Waals surface area contributed by atoms with Crippen molar-refractivity contribution in [2.24, 2.45) is 0 Å². The first-order chi connectivity index (χ1) is 14.2. The molecule has 1 aliphatic heterocycles. The molecule has 2 heterocycles. The molecule has 1 aromatic heterocycles. The van der Waals surface area contributed by atoms with Crippen molar-refractivity contribution < 1.29 is 4.79 Å². The van der Waals surface area contributed by atoms with Gasteiger partial charge in [0.2, 0.25) is 5.91 Å². The summed E-state index contributed by atoms with van der Waals surface area (Å²) in [6.45, 7) is 8.83. The Balaban J connectivity index is 1.29. The van der Waals surface area contributed by atoms with Crippen LogP contribution >= 0.6 is 11.3 Å². The van der Waals surface area contributed by atoms with Gasteiger partial charge in [0.15, 0.2) is 0 Å². The molecule has 0 unspecified atom stereocenters. The van der Waals surface area contributed by atoms with Gasteiger partial charge in [-0.3, -0.25) is 9.69 Å². The van der Waals surface area contributed by atoms with Crippen LogP contribution < -0.4 is 5.32 Å². The van der Waals surface area contributed by atoms with E-state index >= 15 is 0 Å². The monoisotopic (exact) mass is 406 g/mol. The fraction of sp³-hybridized carbons (Fsp3) is 0.304. The second-order valence-electron chi connectivity index (χ2n) is 7.25. The molecule has 0 spiro atoms. The average Bonchev–Trinajstić information content (AvgIpc) is 3.17. The number of aromatic nitrogens is 1. The third-order valence-corrected chi connectivity index (χ3v) is 6.23. The molecule has 3 aromatic rings. The number of piperazine rings is 1. The maximum Gasteiger partial charge on any atom is 0.248 e. The minimum absolute atomic E-state index is 0.146. The molecule has 0 saturated carbocycles. The van der Waals surface area contributed by atoms with E-state index in [2.05, 4.69) is 39.2 Å². The van der Waals surface area contributed by atoms with Crippen molar-refractivity contribution in [1.29, 1.82) is 0 Å². The van der Waals surface area contributed by atoms with Crippen LogP contribution in [0.15, 0.2) is 54.6 Å². The van der Waals surface area contributed by atoms with E-state index in [1.165, 1.54) is 5.56 Å². The number of nitrogens with one attached hydrogen (secondary N) is 1. The van der Waals surface area contributed by atoms with E-state index in [4.69, 9.17) is 0 Å². The Kier molecular flexibility index (Phi) is 6.34. The summed E-state index contributed by atoms with van der Waals surface area (Å²) in [5.74, 6) is -0.146. The number of nitrogens with zero attached hydrogens (tertiary/aromatic N) is 3. The van der Waals surface area contributed by atoms with Crippen molar-refractivity contribution in [3.63, 3.8) is 0 Å². The van der Waals surface area contributed by atoms with E-state index in [1.807, 2.05) is 36.4 Å². The lowest BCUT2D eigenvalue weighted by atomic mass is 10.1. The highest BCUT2D eigenvalue weighted by Crippen LogP contribution is 2.22. The third-order valence-electron chi connectivity index (χ3n) is 5.23. The summed E-state index contributed by atoms with van der Waals surface area (Å²) in [5, 5.41) is 3.75. The van der Waals surface area contributed by atoms with E-state index in [9.17, 15) is 4.79 Å². The van der Waals surface area contributed by atoms with Crippen molar-refractivity contribution in [3.05, 3.63) is 65.2 Å². The average molecular weight is 407 g/mol. The number of hydrogen-bond acceptors (Lipinski definition) is 5. The second-order valence-corrected chi connectivity index (χ2v) is 8.31. The summed E-state index contributed by atoms with van der Waals surface area (Å²) in [5.41, 5.74) is 3.05. The molecule has 1 saturated heterocycles. The zero-order chi connectivity index (χ0) is 20.1. The van der Waals surface area contributed by atoms with Crippen LogP contribution in [0.2, 0.25) is 0 Å². The molecular weight excluding hydrogens is 380 g/mol. The summed E-state index contributed by atoms with van der Waals surface area (Å²) in [4.78, 5) is 21.7. The molecule has 1 N–H and O–H groups in total. The Hall–Kier alpha value is -2.54. The molecule has 1 fully saturated rings. The zero-order valence-electron chi connectivity index (χ0n) is 16.7. The zero-order valence-corrected chi connectivity index (χ0v) is 17.5. The predicted octanol–water partition coefficient (Wildman–Crippen LogP) is 4.09. The van der Waals surface area contributed by atoms with Gasteiger partial charge in [0.25, 0.3) is 0 Å². The molecule has 1 amide bonds. The number of hydrogen-bond donors (Lipinski definition) is 1. The lowest BCUT2D eigenvalue weighted by Crippen LogP contribution is -2.45. The van der Waals surface area contributed by atoms with Gasteiger partial charge >= 0.3 is 0 Å². The number of carbonyl (C=O) groups is 1. The number of carbonyl (C=O) groups excluding carboxylic acids is 1. The normalized spacial score (nSPS) is 15.9. The van der Waals surface area contributed by atoms with E-state index in [1.54, 1.807) is 23.5 Å². The molecule has 150 valence electrons. The Bertz CT molecular complexity index is 955. The maximum atomic E-state index is 12.2. The van der Waals surface area contributed by atoms with Gasteiger partial charge in [-0.2, -0.15) is 0 Å². The largest absolute Gasteiger partial charge is 0.323 e. The van der Waals surface area contributed by atoms with Crippen LogP contribution in [0.5, 0.6) is 0 Å². The number of benzene rings is 2. The summed E-state index contributed by atoms with van der Waals surface area (Å²) < 4.78 is 1.12. The molecule has 1 aliphatic rings. The fourth-order valence-electron chi connectivity index (χ4n) is 3.51. The number of amides is 1. The summed E-state index contributed by atoms with van der Waals surface area (Å²) in [7, 11) is 0. The number of fused-ring (bicyclic) bond motifs is 1. The van der Waals surface area contributed by atoms with E-state index < -0.39 is 0 Å². The third kappa shape index (κ3) is 5.29. The van der Waals surface area contributed by atoms with E-state index in [-0.39, 0.29) is 5.91 Å². The molecular formula is C23H26N4OS. The molecule has 2 aromatic carbocycles. The smallest absolute Gasteiger partial charge is 0.248 e. The van der Waals surface area contributed by atoms with Crippen molar-refractivity contribution >= 4 is 39.2 Å². The molecule has 0 bridgehead atoms. The number of likely N-dealkylation sites (N-methyl/N-ethyl adjacent to an activating group) is 1. The van der Waals surface area contributed by atoms with Gasteiger partial charge < -0.3 is 10.2 Å². The first-order valence-corrected chi connectivity index (χ1v) is 10.9. The van der Waals surface area contributed by atoms with Crippen LogP contribution in [-0.2, 0) is 11.3 Å². The Morgan fingerprint density at radius 2 is 1.79 bits per heavy atom. The Labute approximate surface area is 175 Å². The van der Waals surface area contributed by atoms with Gasteiger partial charge in [0.05, 0.1) is 10.2 Å². The first-order valence-electron chi connectivity index (χ1n) is 10.1. The number of anilines is 1. The lowest BCUT2D eigenvalue weighted by Gasteiger charge is -2.34. The van der Waals surface area contributed by atoms with Crippen molar-refractivity contribution in [2.45, 2.75) is 13.5 Å². The SMILES string of the molecule is CCN1CCN(Cc2ccc(NC(=O)/C=C/c3nc4ccccc4s3)cc2)CC1. The standard InChI is InChI=1S/C23H26N4OS/c1-2-26-13-15-27(16-14-26)17-18-7-9-19(10-8-18)24-22(28)11-12-23-25-20-5-3-4-6-21(20)29-23/h3-12H,2,13-17H2,1H3,(H,24,28)/b12-11+. The fourth-order valence-corrected chi connectivity index (χ4v) is 4.38. The minimum atomic E-state index is -0.146. The van der Waals surface area contributed by atoms with Crippen LogP contribution in [0.25, 0.3) is 16.3 Å². The summed E-state index contributed by atoms with van der Waals surface area (Å²) in [6, 6.07) is 16.1. The molecule has 0 radical (unpaired) electrons. The lowest BCUT2D eigenvalue weighted by molar-refractivity contribution is -0.111. The number of para-hydroxylation sites is 1. The van der Waals surface area contributed by atoms with E-state index in [0.29, 0.717) is 0 Å². The highest BCUT2D eigenvalue weighted by Gasteiger charge is 2.15. The quantitative estimate of drug-likeness (QED) is 0.627. The predicted molar refractivity (Wildman–Crippen MR) is 121 cm³/mol. The first kappa shape index (κ1) is 19.8. The van der Waals surface area contributed by atoms with E-state index in [0.717, 1.165) is 60.2 Å². The molecule has 0 aliphatic carbocycles. The van der Waals surface area contributed by atoms with Gasteiger partial charge in [-0.1, -0.05) is 31.2 Å². The molecule has 5 nitrogen and oxygen atoms in total. The van der Waals surface area contributed by atoms with Gasteiger partial charge in [0, 0.05) is 44.5 Å². The van der Waals surface area contributed by atoms with Gasteiger partial charge in [0.1, 0.15) is 5.01 Å². The van der Waals surface area contributed by atoms with Crippen molar-refractivity contribution in [1.82, 2.24) is 14.8 Å². The topological polar surface area (TPSA) is 48.5 Å². The van der Waals surface area contributed by atoms with Gasteiger partial charge in [-0.15, -0.1) is 11.3 Å². The molecule has 29 heavy (non-hydrogen) atoms. The molecule has 0 atom stereocenters. The van der Waals surface area contributed by atoms with Gasteiger partial charge in [-0.05, 0) is 42.4 Å². The van der Waals surface area contributed by atoms with Crippen LogP contribution in [0, 0.1) is 0 Å². The van der Waals surface area contributed by atoms with Crippen LogP contribution in [0.3, 0.4) is 0 Å². The van der Waals surface area contributed by atoms with Crippen LogP contribution in [0.1, 0.15) is 17.5 Å². The van der Waals surface area contributed by atoms with Crippen molar-refractivity contribution in [3.8, 4) is 0 Å². The molecule has 4 rings (SSSR count). The van der Waals surface area contributed by atoms with Crippen molar-refractivity contribution in [2.75, 3.05) is 38.0 Å². The van der Waals surface area contributed by atoms with Crippen LogP contribution in [0.4, 0.5) is 5.69 Å². The highest BCUT2D eigenvalue weighted by atomic mass is 32.1.